The van der Waals surface area contributed by atoms with Gasteiger partial charge in [0.15, 0.2) is 0 Å². The van der Waals surface area contributed by atoms with Crippen molar-refractivity contribution >= 4 is 5.91 Å². The number of aryl methyl sites for hydroxylation is 1. The molecule has 1 fully saturated rings. The normalized spacial score (nSPS) is 16.6. The van der Waals surface area contributed by atoms with Crippen LogP contribution in [0.2, 0.25) is 0 Å². The van der Waals surface area contributed by atoms with Crippen molar-refractivity contribution in [1.29, 1.82) is 0 Å². The summed E-state index contributed by atoms with van der Waals surface area (Å²) >= 11 is 0. The third-order valence-corrected chi connectivity index (χ3v) is 4.50. The zero-order valence-electron chi connectivity index (χ0n) is 14.8. The van der Waals surface area contributed by atoms with Gasteiger partial charge in [0.25, 0.3) is 5.91 Å². The molecule has 3 rings (SSSR count). The van der Waals surface area contributed by atoms with Crippen molar-refractivity contribution in [2.24, 2.45) is 0 Å². The average molecular weight is 357 g/mol. The van der Waals surface area contributed by atoms with E-state index >= 15 is 0 Å². The maximum atomic E-state index is 12.9. The second-order valence-corrected chi connectivity index (χ2v) is 6.43. The number of hydrogen-bond donors (Lipinski definition) is 1. The van der Waals surface area contributed by atoms with Gasteiger partial charge in [-0.15, -0.1) is 0 Å². The van der Waals surface area contributed by atoms with Gasteiger partial charge in [-0.2, -0.15) is 0 Å². The summed E-state index contributed by atoms with van der Waals surface area (Å²) in [5.41, 5.74) is 0.840. The molecule has 6 nitrogen and oxygen atoms in total. The van der Waals surface area contributed by atoms with Crippen LogP contribution in [-0.4, -0.2) is 35.7 Å². The lowest BCUT2D eigenvalue weighted by molar-refractivity contribution is 0.0694. The number of ether oxygens (including phenoxy) is 1. The minimum absolute atomic E-state index is 0.0103. The second-order valence-electron chi connectivity index (χ2n) is 6.43. The topological polar surface area (TPSA) is 80.0 Å². The van der Waals surface area contributed by atoms with Gasteiger partial charge in [0, 0.05) is 19.7 Å². The first-order valence-electron chi connectivity index (χ1n) is 8.80. The Morgan fingerprint density at radius 1 is 1.31 bits per heavy atom. The van der Waals surface area contributed by atoms with Gasteiger partial charge in [-0.25, -0.2) is 4.79 Å². The molecule has 0 aliphatic carbocycles. The number of aliphatic hydroxyl groups is 1. The third kappa shape index (κ3) is 4.03. The van der Waals surface area contributed by atoms with E-state index in [1.807, 2.05) is 30.3 Å². The number of nitrogens with zero attached hydrogens (tertiary/aromatic N) is 1. The molecule has 1 aromatic heterocycles. The summed E-state index contributed by atoms with van der Waals surface area (Å²) in [5, 5.41) is 9.32. The van der Waals surface area contributed by atoms with Crippen LogP contribution < -0.4 is 5.63 Å². The number of carbonyl (C=O) groups excluding carboxylic acids is 1. The van der Waals surface area contributed by atoms with Crippen LogP contribution in [0.1, 0.15) is 46.2 Å². The van der Waals surface area contributed by atoms with Crippen molar-refractivity contribution in [3.05, 3.63) is 69.3 Å². The Morgan fingerprint density at radius 3 is 2.69 bits per heavy atom. The van der Waals surface area contributed by atoms with Gasteiger partial charge < -0.3 is 19.2 Å². The van der Waals surface area contributed by atoms with Crippen LogP contribution in [0.3, 0.4) is 0 Å². The fraction of sp³-hybridized carbons (Fsp3) is 0.400. The van der Waals surface area contributed by atoms with E-state index in [9.17, 15) is 14.7 Å². The van der Waals surface area contributed by atoms with Crippen LogP contribution in [0.5, 0.6) is 0 Å². The van der Waals surface area contributed by atoms with Crippen molar-refractivity contribution < 1.29 is 19.1 Å². The van der Waals surface area contributed by atoms with Crippen molar-refractivity contribution in [2.45, 2.75) is 32.4 Å². The van der Waals surface area contributed by atoms with E-state index in [4.69, 9.17) is 9.15 Å². The Balaban J connectivity index is 1.87. The summed E-state index contributed by atoms with van der Waals surface area (Å²) < 4.78 is 10.9. The first-order chi connectivity index (χ1) is 12.6. The maximum Gasteiger partial charge on any atom is 0.349 e. The van der Waals surface area contributed by atoms with E-state index < -0.39 is 11.5 Å². The molecule has 0 radical (unpaired) electrons. The SMILES string of the molecule is Cc1cc(C2CCCO2)oc(=O)c1C(=O)N(CCO)Cc1ccccc1. The summed E-state index contributed by atoms with van der Waals surface area (Å²) in [6.07, 6.45) is 1.51. The maximum absolute atomic E-state index is 12.9. The van der Waals surface area contributed by atoms with Crippen LogP contribution in [-0.2, 0) is 11.3 Å². The molecule has 0 spiro atoms. The predicted octanol–water partition coefficient (Wildman–Crippen LogP) is 2.43. The minimum Gasteiger partial charge on any atom is -0.424 e. The molecule has 6 heteroatoms. The number of rotatable bonds is 6. The predicted molar refractivity (Wildman–Crippen MR) is 95.9 cm³/mol. The molecular formula is C20H23NO5. The van der Waals surface area contributed by atoms with Gasteiger partial charge in [0.2, 0.25) is 0 Å². The average Bonchev–Trinajstić information content (AvgIpc) is 3.16. The van der Waals surface area contributed by atoms with Crippen LogP contribution in [0.25, 0.3) is 0 Å². The zero-order chi connectivity index (χ0) is 18.5. The summed E-state index contributed by atoms with van der Waals surface area (Å²) in [6.45, 7) is 2.64. The van der Waals surface area contributed by atoms with E-state index in [0.717, 1.165) is 18.4 Å². The Kier molecular flexibility index (Phi) is 5.85. The van der Waals surface area contributed by atoms with Crippen molar-refractivity contribution in [2.75, 3.05) is 19.8 Å². The Labute approximate surface area is 152 Å². The Hall–Kier alpha value is -2.44. The van der Waals surface area contributed by atoms with Crippen LogP contribution in [0, 0.1) is 6.92 Å². The fourth-order valence-corrected chi connectivity index (χ4v) is 3.19. The van der Waals surface area contributed by atoms with Gasteiger partial charge in [-0.3, -0.25) is 4.79 Å². The molecule has 1 aliphatic rings. The largest absolute Gasteiger partial charge is 0.424 e. The molecule has 1 saturated heterocycles. The Bertz CT molecular complexity index is 809. The van der Waals surface area contributed by atoms with Gasteiger partial charge >= 0.3 is 5.63 Å². The first-order valence-corrected chi connectivity index (χ1v) is 8.80. The van der Waals surface area contributed by atoms with Gasteiger partial charge in [0.05, 0.1) is 6.61 Å². The molecule has 2 heterocycles. The van der Waals surface area contributed by atoms with Crippen molar-refractivity contribution in [1.82, 2.24) is 4.90 Å². The monoisotopic (exact) mass is 357 g/mol. The standard InChI is InChI=1S/C20H23NO5/c1-14-12-17(16-8-5-11-25-16)26-20(24)18(14)19(23)21(9-10-22)13-15-6-3-2-4-7-15/h2-4,6-7,12,16,22H,5,8-11,13H2,1H3. The number of amides is 1. The number of aliphatic hydroxyl groups excluding tert-OH is 1. The van der Waals surface area contributed by atoms with Crippen LogP contribution in [0.15, 0.2) is 45.6 Å². The lowest BCUT2D eigenvalue weighted by Gasteiger charge is -2.22. The van der Waals surface area contributed by atoms with E-state index in [0.29, 0.717) is 24.5 Å². The summed E-state index contributed by atoms with van der Waals surface area (Å²) in [5.74, 6) is 0.0337. The summed E-state index contributed by atoms with van der Waals surface area (Å²) in [6, 6.07) is 11.2. The smallest absolute Gasteiger partial charge is 0.349 e. The highest BCUT2D eigenvalue weighted by Crippen LogP contribution is 2.28. The molecular weight excluding hydrogens is 334 g/mol. The van der Waals surface area contributed by atoms with Gasteiger partial charge in [-0.05, 0) is 37.0 Å². The van der Waals surface area contributed by atoms with E-state index in [-0.39, 0.29) is 24.8 Å². The molecule has 1 aromatic carbocycles. The van der Waals surface area contributed by atoms with E-state index in [1.54, 1.807) is 13.0 Å². The lowest BCUT2D eigenvalue weighted by atomic mass is 10.1. The highest BCUT2D eigenvalue weighted by Gasteiger charge is 2.26. The molecule has 2 aromatic rings. The highest BCUT2D eigenvalue weighted by atomic mass is 16.5. The zero-order valence-corrected chi connectivity index (χ0v) is 14.8. The molecule has 1 atom stereocenters. The lowest BCUT2D eigenvalue weighted by Crippen LogP contribution is -2.36. The molecule has 1 N–H and O–H groups in total. The van der Waals surface area contributed by atoms with Gasteiger partial charge in [0.1, 0.15) is 17.4 Å². The highest BCUT2D eigenvalue weighted by molar-refractivity contribution is 5.95. The van der Waals surface area contributed by atoms with Crippen molar-refractivity contribution in [3.63, 3.8) is 0 Å². The second kappa shape index (κ2) is 8.29. The number of benzene rings is 1. The van der Waals surface area contributed by atoms with Crippen LogP contribution in [0.4, 0.5) is 0 Å². The first kappa shape index (κ1) is 18.4. The number of carbonyl (C=O) groups is 1. The summed E-state index contributed by atoms with van der Waals surface area (Å²) in [4.78, 5) is 26.9. The summed E-state index contributed by atoms with van der Waals surface area (Å²) in [7, 11) is 0. The molecule has 1 unspecified atom stereocenters. The van der Waals surface area contributed by atoms with E-state index in [2.05, 4.69) is 0 Å². The van der Waals surface area contributed by atoms with Crippen LogP contribution >= 0.6 is 0 Å². The molecule has 1 amide bonds. The molecule has 138 valence electrons. The number of hydrogen-bond acceptors (Lipinski definition) is 5. The fourth-order valence-electron chi connectivity index (χ4n) is 3.19. The Morgan fingerprint density at radius 2 is 2.08 bits per heavy atom. The quantitative estimate of drug-likeness (QED) is 0.859. The molecule has 26 heavy (non-hydrogen) atoms. The third-order valence-electron chi connectivity index (χ3n) is 4.50. The van der Waals surface area contributed by atoms with E-state index in [1.165, 1.54) is 4.90 Å². The minimum atomic E-state index is -0.656. The molecule has 1 aliphatic heterocycles. The molecule has 0 saturated carbocycles. The van der Waals surface area contributed by atoms with Gasteiger partial charge in [-0.1, -0.05) is 30.3 Å². The van der Waals surface area contributed by atoms with Crippen molar-refractivity contribution in [3.8, 4) is 0 Å². The molecule has 0 bridgehead atoms.